The number of aromatic hydroxyl groups is 1. The van der Waals surface area contributed by atoms with Gasteiger partial charge in [-0.2, -0.15) is 0 Å². The molecule has 18 heteroatoms. The van der Waals surface area contributed by atoms with Crippen LogP contribution in [0.25, 0.3) is 0 Å². The molecular weight excluding hydrogens is 877 g/mol. The number of carbonyl (C=O) groups is 5. The van der Waals surface area contributed by atoms with E-state index >= 15 is 0 Å². The van der Waals surface area contributed by atoms with Crippen LogP contribution in [0.3, 0.4) is 0 Å². The number of ether oxygens (including phenoxy) is 9. The third-order valence-electron chi connectivity index (χ3n) is 14.3. The first-order valence-electron chi connectivity index (χ1n) is 23.1. The van der Waals surface area contributed by atoms with Gasteiger partial charge in [-0.15, -0.1) is 0 Å². The standard InChI is InChI=1S/C49H58O18/c1-22-30(50)9-13-37(60-22)64-33-11-15-39(62-24(33)3)66-46-26(5)59-35(19-32(46)52)27-7-8-28-41(43(27)54)44(55)29-17-18-48(21-47(6,57)20-36(53)49(48,58)42(29)45(28)56)67-40-16-12-34(25(4)63-40)65-38-14-10-31(51)23(2)61-38/h7-10,13-14,17-18,22-26,32-35,37-40,46,52,54,57-58H,11-12,15-16,19-21H2,1-6H3/t22-,23-,24-,25-,26+,32+,33-,34-,35+,37-,38-,39-,40-,46+,47-,48-,49-/m0/s1. The van der Waals surface area contributed by atoms with Gasteiger partial charge in [0.05, 0.1) is 59.5 Å². The summed E-state index contributed by atoms with van der Waals surface area (Å²) < 4.78 is 54.8. The highest BCUT2D eigenvalue weighted by molar-refractivity contribution is 6.32. The number of allylic oxidation sites excluding steroid dienone is 2. The minimum atomic E-state index is -2.75. The Kier molecular flexibility index (Phi) is 12.9. The number of phenolic OH excluding ortho intramolecular Hbond substituents is 1. The number of aliphatic hydroxyl groups excluding tert-OH is 1. The second-order valence-electron chi connectivity index (χ2n) is 19.3. The minimum Gasteiger partial charge on any atom is -0.507 e. The van der Waals surface area contributed by atoms with Gasteiger partial charge in [0.2, 0.25) is 0 Å². The van der Waals surface area contributed by atoms with Crippen LogP contribution >= 0.6 is 0 Å². The normalized spacial score (nSPS) is 43.3. The summed E-state index contributed by atoms with van der Waals surface area (Å²) in [6.45, 7) is 9.99. The summed E-state index contributed by atoms with van der Waals surface area (Å²) in [5.41, 5.74) is -7.86. The molecule has 8 aliphatic rings. The van der Waals surface area contributed by atoms with E-state index in [0.29, 0.717) is 19.3 Å². The number of ketones is 5. The lowest BCUT2D eigenvalue weighted by Crippen LogP contribution is -2.71. The Morgan fingerprint density at radius 2 is 1.30 bits per heavy atom. The Hall–Kier alpha value is -4.15. The molecule has 1 aromatic carbocycles. The van der Waals surface area contributed by atoms with Crippen LogP contribution < -0.4 is 0 Å². The molecule has 0 bridgehead atoms. The summed E-state index contributed by atoms with van der Waals surface area (Å²) in [5.74, 6) is -3.55. The molecule has 67 heavy (non-hydrogen) atoms. The van der Waals surface area contributed by atoms with E-state index in [1.807, 2.05) is 6.92 Å². The Morgan fingerprint density at radius 1 is 0.701 bits per heavy atom. The van der Waals surface area contributed by atoms with Gasteiger partial charge in [-0.05, 0) is 90.8 Å². The molecule has 5 aliphatic heterocycles. The number of aliphatic hydroxyl groups is 3. The first-order valence-corrected chi connectivity index (χ1v) is 23.1. The predicted molar refractivity (Wildman–Crippen MR) is 229 cm³/mol. The zero-order valence-electron chi connectivity index (χ0n) is 38.2. The largest absolute Gasteiger partial charge is 0.507 e. The molecular formula is C49H58O18. The van der Waals surface area contributed by atoms with Gasteiger partial charge in [0.1, 0.15) is 29.7 Å². The molecule has 3 aliphatic carbocycles. The molecule has 4 N–H and O–H groups in total. The van der Waals surface area contributed by atoms with Gasteiger partial charge >= 0.3 is 0 Å². The zero-order valence-corrected chi connectivity index (χ0v) is 38.2. The fourth-order valence-corrected chi connectivity index (χ4v) is 10.7. The summed E-state index contributed by atoms with van der Waals surface area (Å²) in [7, 11) is 0. The van der Waals surface area contributed by atoms with E-state index < -0.39 is 132 Å². The van der Waals surface area contributed by atoms with Crippen LogP contribution in [0.15, 0.2) is 59.7 Å². The molecule has 4 fully saturated rings. The van der Waals surface area contributed by atoms with Gasteiger partial charge in [-0.25, -0.2) is 0 Å². The molecule has 1 saturated carbocycles. The lowest BCUT2D eigenvalue weighted by atomic mass is 9.57. The molecule has 362 valence electrons. The average Bonchev–Trinajstić information content (AvgIpc) is 3.25. The quantitative estimate of drug-likeness (QED) is 0.277. The van der Waals surface area contributed by atoms with Crippen LogP contribution in [-0.4, -0.2) is 146 Å². The summed E-state index contributed by atoms with van der Waals surface area (Å²) in [6.07, 6.45) is -0.812. The van der Waals surface area contributed by atoms with Gasteiger partial charge < -0.3 is 63.1 Å². The van der Waals surface area contributed by atoms with Gasteiger partial charge in [0.15, 0.2) is 59.7 Å². The maximum Gasteiger partial charge on any atom is 0.198 e. The lowest BCUT2D eigenvalue weighted by molar-refractivity contribution is -0.300. The molecule has 0 unspecified atom stereocenters. The number of benzene rings is 1. The molecule has 9 rings (SSSR count). The number of fused-ring (bicyclic) bond motifs is 3. The van der Waals surface area contributed by atoms with Gasteiger partial charge in [0, 0.05) is 48.8 Å². The van der Waals surface area contributed by atoms with Crippen molar-refractivity contribution in [1.29, 1.82) is 0 Å². The predicted octanol–water partition coefficient (Wildman–Crippen LogP) is 3.39. The van der Waals surface area contributed by atoms with E-state index in [9.17, 15) is 44.4 Å². The molecule has 0 spiro atoms. The summed E-state index contributed by atoms with van der Waals surface area (Å²) in [6, 6.07) is 2.73. The highest BCUT2D eigenvalue weighted by Gasteiger charge is 2.68. The summed E-state index contributed by atoms with van der Waals surface area (Å²) >= 11 is 0. The highest BCUT2D eigenvalue weighted by Crippen LogP contribution is 2.54. The fourth-order valence-electron chi connectivity index (χ4n) is 10.7. The van der Waals surface area contributed by atoms with E-state index in [0.717, 1.165) is 0 Å². The first-order chi connectivity index (χ1) is 31.7. The van der Waals surface area contributed by atoms with Gasteiger partial charge in [-0.1, -0.05) is 12.1 Å². The second kappa shape index (κ2) is 18.0. The van der Waals surface area contributed by atoms with E-state index in [1.54, 1.807) is 33.8 Å². The van der Waals surface area contributed by atoms with E-state index in [2.05, 4.69) is 0 Å². The molecule has 5 heterocycles. The molecule has 17 atom stereocenters. The van der Waals surface area contributed by atoms with E-state index in [-0.39, 0.29) is 59.2 Å². The number of Topliss-reactive ketones (excluding diaryl/α,β-unsaturated/α-hetero) is 3. The first kappa shape index (κ1) is 47.9. The van der Waals surface area contributed by atoms with Crippen LogP contribution in [0.2, 0.25) is 0 Å². The van der Waals surface area contributed by atoms with Gasteiger partial charge in [-0.3, -0.25) is 24.0 Å². The van der Waals surface area contributed by atoms with Crippen molar-refractivity contribution in [2.24, 2.45) is 0 Å². The van der Waals surface area contributed by atoms with Crippen LogP contribution in [0.5, 0.6) is 5.75 Å². The molecule has 18 nitrogen and oxygen atoms in total. The van der Waals surface area contributed by atoms with Crippen molar-refractivity contribution in [2.45, 2.75) is 189 Å². The third-order valence-corrected chi connectivity index (χ3v) is 14.3. The molecule has 0 radical (unpaired) electrons. The average molecular weight is 935 g/mol. The summed E-state index contributed by atoms with van der Waals surface area (Å²) in [5, 5.41) is 47.4. The van der Waals surface area contributed by atoms with Crippen LogP contribution in [-0.2, 0) is 57.0 Å². The minimum absolute atomic E-state index is 0.0536. The number of hydrogen-bond acceptors (Lipinski definition) is 18. The lowest BCUT2D eigenvalue weighted by Gasteiger charge is -2.55. The number of carbonyl (C=O) groups excluding carboxylic acids is 5. The monoisotopic (exact) mass is 934 g/mol. The Labute approximate surface area is 386 Å². The number of hydrogen-bond donors (Lipinski definition) is 4. The fraction of sp³-hybridized carbons (Fsp3) is 0.612. The number of phenols is 1. The second-order valence-corrected chi connectivity index (χ2v) is 19.3. The zero-order chi connectivity index (χ0) is 47.9. The van der Waals surface area contributed by atoms with E-state index in [1.165, 1.54) is 49.4 Å². The van der Waals surface area contributed by atoms with Crippen molar-refractivity contribution < 1.29 is 87.0 Å². The van der Waals surface area contributed by atoms with Gasteiger partial charge in [0.25, 0.3) is 0 Å². The maximum absolute atomic E-state index is 14.7. The molecule has 1 aromatic rings. The van der Waals surface area contributed by atoms with Crippen molar-refractivity contribution in [3.63, 3.8) is 0 Å². The van der Waals surface area contributed by atoms with Crippen molar-refractivity contribution in [3.8, 4) is 5.75 Å². The van der Waals surface area contributed by atoms with Crippen molar-refractivity contribution in [3.05, 3.63) is 76.4 Å². The van der Waals surface area contributed by atoms with Crippen LogP contribution in [0, 0.1) is 0 Å². The number of rotatable bonds is 9. The Bertz CT molecular complexity index is 2320. The molecule has 3 saturated heterocycles. The highest BCUT2D eigenvalue weighted by atomic mass is 16.7. The summed E-state index contributed by atoms with van der Waals surface area (Å²) in [4.78, 5) is 67.1. The van der Waals surface area contributed by atoms with Crippen molar-refractivity contribution >= 4 is 28.9 Å². The third kappa shape index (κ3) is 8.67. The molecule has 0 aromatic heterocycles. The van der Waals surface area contributed by atoms with Crippen molar-refractivity contribution in [1.82, 2.24) is 0 Å². The Morgan fingerprint density at radius 3 is 1.88 bits per heavy atom. The van der Waals surface area contributed by atoms with E-state index in [4.69, 9.17) is 42.6 Å². The smallest absolute Gasteiger partial charge is 0.198 e. The topological polar surface area (TPSA) is 249 Å². The molecule has 0 amide bonds. The van der Waals surface area contributed by atoms with Crippen molar-refractivity contribution in [2.75, 3.05) is 0 Å². The maximum atomic E-state index is 14.7. The SMILES string of the molecule is C[C@@H]1O[C@@H](O[C@H]2CC[C@H](O[C@H]3[C@H](O)C[C@H](c4ccc5c(c4O)C(=O)C4=C(C5=O)[C@@]5(O)C(=O)C[C@](C)(O)C[C@@]5(O[C@H]5CC[C@H](O[C@H]6C=CC(=O)[C@H](C)O6)[C@H](C)O5)C=C4)O[C@@H]3C)O[C@H]2C)C=CC1=O. The Balaban J connectivity index is 0.892. The van der Waals surface area contributed by atoms with Crippen LogP contribution in [0.1, 0.15) is 119 Å². The van der Waals surface area contributed by atoms with Crippen LogP contribution in [0.4, 0.5) is 0 Å².